The second-order valence-electron chi connectivity index (χ2n) is 8.77. The van der Waals surface area contributed by atoms with Crippen molar-refractivity contribution >= 4 is 29.3 Å². The minimum atomic E-state index is -0.106. The number of hydrogen-bond acceptors (Lipinski definition) is 7. The number of likely N-dealkylation sites (N-methyl/N-ethyl adjacent to an activating group) is 1. The third-order valence-electron chi connectivity index (χ3n) is 6.18. The normalized spacial score (nSPS) is 14.3. The monoisotopic (exact) mass is 508 g/mol. The van der Waals surface area contributed by atoms with Crippen LogP contribution in [0.15, 0.2) is 54.7 Å². The molecule has 1 aromatic heterocycles. The Morgan fingerprint density at radius 1 is 1.17 bits per heavy atom. The van der Waals surface area contributed by atoms with Gasteiger partial charge < -0.3 is 25.2 Å². The maximum Gasteiger partial charge on any atom is 0.259 e. The Hall–Kier alpha value is -3.36. The fourth-order valence-electron chi connectivity index (χ4n) is 4.19. The number of anilines is 2. The van der Waals surface area contributed by atoms with Crippen molar-refractivity contribution in [2.24, 2.45) is 0 Å². The molecule has 8 nitrogen and oxygen atoms in total. The lowest BCUT2D eigenvalue weighted by atomic mass is 10.1. The smallest absolute Gasteiger partial charge is 0.259 e. The van der Waals surface area contributed by atoms with Crippen LogP contribution in [0.3, 0.4) is 0 Å². The Morgan fingerprint density at radius 3 is 2.69 bits per heavy atom. The molecule has 1 aliphatic heterocycles. The minimum Gasteiger partial charge on any atom is -0.486 e. The summed E-state index contributed by atoms with van der Waals surface area (Å²) in [5.41, 5.74) is 2.47. The van der Waals surface area contributed by atoms with Gasteiger partial charge in [0, 0.05) is 50.9 Å². The van der Waals surface area contributed by atoms with Gasteiger partial charge in [0.2, 0.25) is 5.95 Å². The molecule has 0 saturated heterocycles. The molecule has 9 heteroatoms. The summed E-state index contributed by atoms with van der Waals surface area (Å²) in [6.45, 7) is 5.12. The molecule has 2 aromatic carbocycles. The van der Waals surface area contributed by atoms with Crippen molar-refractivity contribution in [3.63, 3.8) is 0 Å². The lowest BCUT2D eigenvalue weighted by Gasteiger charge is -2.23. The second-order valence-corrected chi connectivity index (χ2v) is 9.18. The van der Waals surface area contributed by atoms with Gasteiger partial charge in [-0.2, -0.15) is 4.98 Å². The zero-order valence-corrected chi connectivity index (χ0v) is 21.8. The van der Waals surface area contributed by atoms with Gasteiger partial charge in [0.25, 0.3) is 5.91 Å². The molecular formula is C27H33ClN6O2. The highest BCUT2D eigenvalue weighted by Crippen LogP contribution is 2.30. The van der Waals surface area contributed by atoms with Crippen LogP contribution in [0.4, 0.5) is 11.8 Å². The molecule has 190 valence electrons. The second kappa shape index (κ2) is 12.1. The minimum absolute atomic E-state index is 0.0909. The van der Waals surface area contributed by atoms with Crippen LogP contribution in [-0.2, 0) is 6.54 Å². The summed E-state index contributed by atoms with van der Waals surface area (Å²) in [6.07, 6.45) is 2.34. The zero-order valence-electron chi connectivity index (χ0n) is 21.0. The number of ether oxygens (including phenoxy) is 1. The standard InChI is InChI=1S/C27H33ClN6O2/c1-4-30-27-31-17-22-25(32-27)33(3)14-15-34(26(22)35)18-20-10-11-21(16-23(20)28)36-24(12-13-29-2)19-8-6-5-7-9-19/h5-11,16-17,24,29H,4,12-15,18H2,1-3H3,(H,30,31,32)/t24-/m0/s1. The van der Waals surface area contributed by atoms with E-state index >= 15 is 0 Å². The highest BCUT2D eigenvalue weighted by Gasteiger charge is 2.27. The van der Waals surface area contributed by atoms with E-state index < -0.39 is 0 Å². The van der Waals surface area contributed by atoms with E-state index in [2.05, 4.69) is 32.7 Å². The van der Waals surface area contributed by atoms with Gasteiger partial charge in [-0.25, -0.2) is 4.98 Å². The van der Waals surface area contributed by atoms with Crippen LogP contribution in [0, 0.1) is 0 Å². The fourth-order valence-corrected chi connectivity index (χ4v) is 4.42. The van der Waals surface area contributed by atoms with Crippen molar-refractivity contribution in [1.29, 1.82) is 0 Å². The van der Waals surface area contributed by atoms with E-state index in [0.717, 1.165) is 24.1 Å². The van der Waals surface area contributed by atoms with E-state index in [1.807, 2.05) is 62.3 Å². The molecular weight excluding hydrogens is 476 g/mol. The van der Waals surface area contributed by atoms with Crippen LogP contribution >= 0.6 is 11.6 Å². The largest absolute Gasteiger partial charge is 0.486 e. The third kappa shape index (κ3) is 6.06. The first-order valence-corrected chi connectivity index (χ1v) is 12.6. The summed E-state index contributed by atoms with van der Waals surface area (Å²) in [4.78, 5) is 26.0. The van der Waals surface area contributed by atoms with Crippen molar-refractivity contribution in [1.82, 2.24) is 20.2 Å². The summed E-state index contributed by atoms with van der Waals surface area (Å²) >= 11 is 6.68. The average molecular weight is 509 g/mol. The number of benzene rings is 2. The van der Waals surface area contributed by atoms with Gasteiger partial charge in [-0.1, -0.05) is 48.0 Å². The highest BCUT2D eigenvalue weighted by molar-refractivity contribution is 6.31. The van der Waals surface area contributed by atoms with E-state index in [1.54, 1.807) is 11.1 Å². The number of nitrogens with one attached hydrogen (secondary N) is 2. The van der Waals surface area contributed by atoms with Crippen molar-refractivity contribution in [2.45, 2.75) is 26.0 Å². The number of carbonyl (C=O) groups excluding carboxylic acids is 1. The van der Waals surface area contributed by atoms with E-state index in [0.29, 0.717) is 54.3 Å². The molecule has 0 bridgehead atoms. The SMILES string of the molecule is CCNc1ncc2c(n1)N(C)CCN(Cc1ccc(O[C@@H](CCNC)c3ccccc3)cc1Cl)C2=O. The summed E-state index contributed by atoms with van der Waals surface area (Å²) in [5.74, 6) is 1.75. The van der Waals surface area contributed by atoms with E-state index in [9.17, 15) is 4.79 Å². The van der Waals surface area contributed by atoms with Crippen molar-refractivity contribution in [3.8, 4) is 5.75 Å². The quantitative estimate of drug-likeness (QED) is 0.420. The van der Waals surface area contributed by atoms with Crippen molar-refractivity contribution in [2.75, 3.05) is 50.5 Å². The molecule has 0 saturated carbocycles. The van der Waals surface area contributed by atoms with Gasteiger partial charge in [0.15, 0.2) is 0 Å². The fraction of sp³-hybridized carbons (Fsp3) is 0.370. The molecule has 0 aliphatic carbocycles. The lowest BCUT2D eigenvalue weighted by Crippen LogP contribution is -2.33. The summed E-state index contributed by atoms with van der Waals surface area (Å²) in [5, 5.41) is 6.86. The van der Waals surface area contributed by atoms with Crippen LogP contribution < -0.4 is 20.3 Å². The molecule has 36 heavy (non-hydrogen) atoms. The van der Waals surface area contributed by atoms with Crippen LogP contribution in [0.1, 0.15) is 40.9 Å². The number of amides is 1. The van der Waals surface area contributed by atoms with Crippen LogP contribution in [0.5, 0.6) is 5.75 Å². The zero-order chi connectivity index (χ0) is 25.5. The number of aromatic nitrogens is 2. The number of halogens is 1. The molecule has 1 amide bonds. The third-order valence-corrected chi connectivity index (χ3v) is 6.53. The number of fused-ring (bicyclic) bond motifs is 1. The van der Waals surface area contributed by atoms with Crippen molar-refractivity contribution < 1.29 is 9.53 Å². The van der Waals surface area contributed by atoms with Gasteiger partial charge in [-0.15, -0.1) is 0 Å². The summed E-state index contributed by atoms with van der Waals surface area (Å²) < 4.78 is 6.33. The Morgan fingerprint density at radius 2 is 1.97 bits per heavy atom. The molecule has 0 radical (unpaired) electrons. The summed E-state index contributed by atoms with van der Waals surface area (Å²) in [7, 11) is 3.87. The first-order chi connectivity index (χ1) is 17.5. The van der Waals surface area contributed by atoms with Gasteiger partial charge in [0.1, 0.15) is 23.2 Å². The Bertz CT molecular complexity index is 1180. The van der Waals surface area contributed by atoms with Crippen molar-refractivity contribution in [3.05, 3.63) is 76.4 Å². The highest BCUT2D eigenvalue weighted by atomic mass is 35.5. The Kier molecular flexibility index (Phi) is 8.61. The van der Waals surface area contributed by atoms with E-state index in [4.69, 9.17) is 16.3 Å². The maximum absolute atomic E-state index is 13.4. The Labute approximate surface area is 217 Å². The lowest BCUT2D eigenvalue weighted by molar-refractivity contribution is 0.0754. The average Bonchev–Trinajstić information content (AvgIpc) is 3.00. The molecule has 2 N–H and O–H groups in total. The van der Waals surface area contributed by atoms with Gasteiger partial charge >= 0.3 is 0 Å². The number of hydrogen-bond donors (Lipinski definition) is 2. The number of rotatable bonds is 10. The van der Waals surface area contributed by atoms with Crippen LogP contribution in [-0.4, -0.2) is 61.0 Å². The molecule has 2 heterocycles. The van der Waals surface area contributed by atoms with Gasteiger partial charge in [-0.05, 0) is 43.8 Å². The maximum atomic E-state index is 13.4. The van der Waals surface area contributed by atoms with Crippen LogP contribution in [0.2, 0.25) is 5.02 Å². The molecule has 1 aliphatic rings. The van der Waals surface area contributed by atoms with Gasteiger partial charge in [-0.3, -0.25) is 4.79 Å². The molecule has 0 fully saturated rings. The van der Waals surface area contributed by atoms with E-state index in [1.165, 1.54) is 0 Å². The summed E-state index contributed by atoms with van der Waals surface area (Å²) in [6, 6.07) is 15.9. The number of carbonyl (C=O) groups is 1. The molecule has 4 rings (SSSR count). The molecule has 0 spiro atoms. The van der Waals surface area contributed by atoms with Gasteiger partial charge in [0.05, 0.1) is 0 Å². The van der Waals surface area contributed by atoms with E-state index in [-0.39, 0.29) is 12.0 Å². The molecule has 0 unspecified atom stereocenters. The Balaban J connectivity index is 1.50. The first-order valence-electron chi connectivity index (χ1n) is 12.3. The number of nitrogens with zero attached hydrogens (tertiary/aromatic N) is 4. The predicted octanol–water partition coefficient (Wildman–Crippen LogP) is 4.38. The van der Waals surface area contributed by atoms with Crippen LogP contribution in [0.25, 0.3) is 0 Å². The molecule has 3 aromatic rings. The first kappa shape index (κ1) is 25.7. The topological polar surface area (TPSA) is 82.6 Å². The molecule has 1 atom stereocenters. The predicted molar refractivity (Wildman–Crippen MR) is 144 cm³/mol.